The lowest BCUT2D eigenvalue weighted by Gasteiger charge is -2.49. The summed E-state index contributed by atoms with van der Waals surface area (Å²) in [5.41, 5.74) is 0. The van der Waals surface area contributed by atoms with Crippen molar-refractivity contribution < 1.29 is 104 Å². The first-order valence-corrected chi connectivity index (χ1v) is 16.2. The van der Waals surface area contributed by atoms with Crippen LogP contribution in [0.25, 0.3) is 0 Å². The number of carbonyl (C=O) groups is 2. The maximum Gasteiger partial charge on any atom is 0.335 e. The van der Waals surface area contributed by atoms with Gasteiger partial charge in [0.2, 0.25) is 0 Å². The molecule has 0 radical (unpaired) electrons. The van der Waals surface area contributed by atoms with Gasteiger partial charge in [-0.2, -0.15) is 0 Å². The summed E-state index contributed by atoms with van der Waals surface area (Å²) >= 11 is 0. The molecule has 4 aliphatic heterocycles. The molecule has 8 unspecified atom stereocenters. The molecule has 4 aliphatic rings. The average Bonchev–Trinajstić information content (AvgIpc) is 3.08. The van der Waals surface area contributed by atoms with Gasteiger partial charge in [-0.25, -0.2) is 9.59 Å². The van der Waals surface area contributed by atoms with Crippen LogP contribution in [-0.2, 0) is 47.5 Å². The van der Waals surface area contributed by atoms with E-state index in [0.717, 1.165) is 0 Å². The molecule has 290 valence electrons. The Morgan fingerprint density at radius 1 is 0.540 bits per heavy atom. The minimum Gasteiger partial charge on any atom is -0.479 e. The number of carboxylic acids is 2. The summed E-state index contributed by atoms with van der Waals surface area (Å²) in [6.07, 6.45) is -30.2. The second-order valence-corrected chi connectivity index (χ2v) is 12.8. The van der Waals surface area contributed by atoms with Crippen LogP contribution in [-0.4, -0.2) is 199 Å². The Labute approximate surface area is 285 Å². The topological polar surface area (TPSA) is 331 Å². The summed E-state index contributed by atoms with van der Waals surface area (Å²) in [4.78, 5) is 24.2. The highest BCUT2D eigenvalue weighted by Gasteiger charge is 2.56. The fourth-order valence-corrected chi connectivity index (χ4v) is 6.22. The molecular formula is C29H48O21. The molecule has 0 bridgehead atoms. The fraction of sp³-hybridized carbons (Fsp3) is 0.931. The van der Waals surface area contributed by atoms with Gasteiger partial charge in [0.1, 0.15) is 61.0 Å². The van der Waals surface area contributed by atoms with Gasteiger partial charge in [-0.1, -0.05) is 20.8 Å². The van der Waals surface area contributed by atoms with Crippen molar-refractivity contribution in [2.75, 3.05) is 19.8 Å². The van der Waals surface area contributed by atoms with Gasteiger partial charge in [0.15, 0.2) is 37.4 Å². The summed E-state index contributed by atoms with van der Waals surface area (Å²) in [6, 6.07) is 0. The van der Waals surface area contributed by atoms with Gasteiger partial charge in [0.25, 0.3) is 0 Å². The molecule has 0 saturated carbocycles. The highest BCUT2D eigenvalue weighted by Crippen LogP contribution is 2.36. The summed E-state index contributed by atoms with van der Waals surface area (Å²) in [5, 5.41) is 114. The first kappa shape index (κ1) is 41.0. The first-order chi connectivity index (χ1) is 23.6. The lowest BCUT2D eigenvalue weighted by Crippen LogP contribution is -2.66. The van der Waals surface area contributed by atoms with Crippen LogP contribution in [0.3, 0.4) is 0 Å². The van der Waals surface area contributed by atoms with Gasteiger partial charge < -0.3 is 94.1 Å². The molecule has 4 saturated heterocycles. The maximum atomic E-state index is 12.2. The largest absolute Gasteiger partial charge is 0.479 e. The van der Waals surface area contributed by atoms with E-state index in [4.69, 9.17) is 37.9 Å². The number of ether oxygens (including phenoxy) is 8. The molecule has 0 spiro atoms. The molecule has 4 fully saturated rings. The Bertz CT molecular complexity index is 1110. The van der Waals surface area contributed by atoms with Crippen LogP contribution in [0.1, 0.15) is 27.2 Å². The van der Waals surface area contributed by atoms with E-state index in [1.807, 2.05) is 0 Å². The number of aliphatic hydroxyl groups excluding tert-OH is 9. The normalized spacial score (nSPS) is 48.6. The van der Waals surface area contributed by atoms with E-state index in [2.05, 4.69) is 0 Å². The number of carboxylic acid groups (broad SMARTS) is 2. The van der Waals surface area contributed by atoms with Gasteiger partial charge in [0, 0.05) is 18.4 Å². The molecule has 21 heteroatoms. The standard InChI is InChI=1S/C29H48O21/c1-4-5-43-28-17(37)15(35)20(22(49-28)24(39)40)48-27-9(3)13(33)19(11(7-31)45-27)46-29-18(38)16(36)21(23(50-29)25(41)42)47-26-8(2)12(32)14(34)10(6-30)44-26/h8-23,26-38H,4-7H2,1-3H3,(H,39,40)(H,41,42)/t8?,9?,10?,11?,12-,13-,14-,15?,16?,17+,18+,19-,20+,21+,22?,23?,26-,27-,28-,29-/m1/s1. The van der Waals surface area contributed by atoms with Crippen molar-refractivity contribution in [1.82, 2.24) is 0 Å². The molecule has 0 aromatic rings. The summed E-state index contributed by atoms with van der Waals surface area (Å²) in [5.74, 6) is -5.40. The van der Waals surface area contributed by atoms with E-state index in [-0.39, 0.29) is 6.61 Å². The highest BCUT2D eigenvalue weighted by molar-refractivity contribution is 5.74. The van der Waals surface area contributed by atoms with Crippen molar-refractivity contribution >= 4 is 11.9 Å². The van der Waals surface area contributed by atoms with E-state index in [1.165, 1.54) is 13.8 Å². The van der Waals surface area contributed by atoms with E-state index < -0.39 is 148 Å². The molecule has 4 heterocycles. The smallest absolute Gasteiger partial charge is 0.335 e. The van der Waals surface area contributed by atoms with Crippen LogP contribution in [0, 0.1) is 11.8 Å². The highest BCUT2D eigenvalue weighted by atomic mass is 16.8. The molecule has 0 aromatic carbocycles. The second kappa shape index (κ2) is 17.4. The molecule has 0 amide bonds. The zero-order chi connectivity index (χ0) is 37.2. The molecular weight excluding hydrogens is 684 g/mol. The van der Waals surface area contributed by atoms with Crippen LogP contribution in [0.2, 0.25) is 0 Å². The predicted molar refractivity (Wildman–Crippen MR) is 155 cm³/mol. The average molecular weight is 733 g/mol. The second-order valence-electron chi connectivity index (χ2n) is 12.8. The van der Waals surface area contributed by atoms with Gasteiger partial charge in [-0.05, 0) is 6.42 Å². The van der Waals surface area contributed by atoms with Crippen LogP contribution in [0.4, 0.5) is 0 Å². The van der Waals surface area contributed by atoms with Crippen molar-refractivity contribution in [3.8, 4) is 0 Å². The van der Waals surface area contributed by atoms with Crippen molar-refractivity contribution in [2.45, 2.75) is 138 Å². The third-order valence-electron chi connectivity index (χ3n) is 9.28. The number of aliphatic hydroxyl groups is 9. The Balaban J connectivity index is 1.46. The molecule has 50 heavy (non-hydrogen) atoms. The Hall–Kier alpha value is -1.74. The van der Waals surface area contributed by atoms with Crippen molar-refractivity contribution in [2.24, 2.45) is 11.8 Å². The van der Waals surface area contributed by atoms with Crippen molar-refractivity contribution in [3.05, 3.63) is 0 Å². The Morgan fingerprint density at radius 2 is 0.980 bits per heavy atom. The lowest BCUT2D eigenvalue weighted by molar-refractivity contribution is -0.377. The van der Waals surface area contributed by atoms with E-state index in [9.17, 15) is 65.8 Å². The quantitative estimate of drug-likeness (QED) is 0.0841. The third kappa shape index (κ3) is 8.39. The Morgan fingerprint density at radius 3 is 1.46 bits per heavy atom. The Kier molecular flexibility index (Phi) is 14.3. The molecule has 0 aromatic heterocycles. The van der Waals surface area contributed by atoms with Crippen molar-refractivity contribution in [1.29, 1.82) is 0 Å². The first-order valence-electron chi connectivity index (χ1n) is 16.2. The van der Waals surface area contributed by atoms with Crippen LogP contribution >= 0.6 is 0 Å². The van der Waals surface area contributed by atoms with Gasteiger partial charge in [0.05, 0.1) is 25.4 Å². The van der Waals surface area contributed by atoms with E-state index in [1.54, 1.807) is 6.92 Å². The molecule has 4 rings (SSSR count). The zero-order valence-corrected chi connectivity index (χ0v) is 27.4. The van der Waals surface area contributed by atoms with Gasteiger partial charge in [-0.3, -0.25) is 0 Å². The van der Waals surface area contributed by atoms with Crippen LogP contribution in [0.15, 0.2) is 0 Å². The third-order valence-corrected chi connectivity index (χ3v) is 9.28. The molecule has 0 aliphatic carbocycles. The van der Waals surface area contributed by atoms with E-state index >= 15 is 0 Å². The molecule has 20 atom stereocenters. The van der Waals surface area contributed by atoms with Crippen molar-refractivity contribution in [3.63, 3.8) is 0 Å². The monoisotopic (exact) mass is 732 g/mol. The summed E-state index contributed by atoms with van der Waals surface area (Å²) < 4.78 is 44.3. The van der Waals surface area contributed by atoms with Gasteiger partial charge >= 0.3 is 11.9 Å². The summed E-state index contributed by atoms with van der Waals surface area (Å²) in [7, 11) is 0. The predicted octanol–water partition coefficient (Wildman–Crippen LogP) is -5.58. The number of hydrogen-bond donors (Lipinski definition) is 11. The SMILES string of the molecule is CCCO[C@@H]1OC(C(=O)O)[C@@H](O[C@H]2OC(CO)[C@@H](O[C@@H]3OC(C(=O)O)[C@@H](O[C@H]4OC(CO)[C@@H](O)[C@H](O)C4C)C(O)[C@@H]3O)[C@H](O)C2C)C(O)[C@@H]1O. The maximum absolute atomic E-state index is 12.2. The molecule has 11 N–H and O–H groups in total. The van der Waals surface area contributed by atoms with Crippen LogP contribution in [0.5, 0.6) is 0 Å². The van der Waals surface area contributed by atoms with Crippen LogP contribution < -0.4 is 0 Å². The minimum absolute atomic E-state index is 0.0898. The lowest BCUT2D eigenvalue weighted by atomic mass is 9.91. The fourth-order valence-electron chi connectivity index (χ4n) is 6.22. The number of rotatable bonds is 13. The number of aliphatic carboxylic acids is 2. The summed E-state index contributed by atoms with van der Waals surface area (Å²) in [6.45, 7) is 2.99. The molecule has 21 nitrogen and oxygen atoms in total. The number of hydrogen-bond acceptors (Lipinski definition) is 19. The minimum atomic E-state index is -2.05. The van der Waals surface area contributed by atoms with E-state index in [0.29, 0.717) is 6.42 Å². The van der Waals surface area contributed by atoms with Gasteiger partial charge in [-0.15, -0.1) is 0 Å². The zero-order valence-electron chi connectivity index (χ0n) is 27.4.